The van der Waals surface area contributed by atoms with Gasteiger partial charge in [0.15, 0.2) is 5.92 Å². The van der Waals surface area contributed by atoms with Crippen molar-refractivity contribution >= 4 is 28.9 Å². The number of aromatic nitrogens is 1. The minimum Gasteiger partial charge on any atom is -0.325 e. The summed E-state index contributed by atoms with van der Waals surface area (Å²) in [5.74, 6) is -5.94. The summed E-state index contributed by atoms with van der Waals surface area (Å²) in [6, 6.07) is 16.4. The summed E-state index contributed by atoms with van der Waals surface area (Å²) in [5, 5.41) is 13.2. The Morgan fingerprint density at radius 1 is 0.972 bits per heavy atom. The van der Waals surface area contributed by atoms with E-state index in [2.05, 4.69) is 22.5 Å². The monoisotopic (exact) mass is 492 g/mol. The van der Waals surface area contributed by atoms with E-state index in [1.54, 1.807) is 24.4 Å². The van der Waals surface area contributed by atoms with Crippen LogP contribution in [0.4, 0.5) is 20.2 Å². The van der Waals surface area contributed by atoms with Crippen LogP contribution in [0.5, 0.6) is 0 Å². The molecule has 8 heteroatoms. The highest BCUT2D eigenvalue weighted by atomic mass is 19.3. The van der Waals surface area contributed by atoms with Crippen LogP contribution in [0.25, 0.3) is 11.3 Å². The molecule has 6 nitrogen and oxygen atoms in total. The molecule has 3 N–H and O–H groups in total. The number of hydrogen-bond donors (Lipinski definition) is 3. The summed E-state index contributed by atoms with van der Waals surface area (Å²) in [6.45, 7) is 4.81. The third-order valence-electron chi connectivity index (χ3n) is 5.77. The van der Waals surface area contributed by atoms with E-state index in [4.69, 9.17) is 5.41 Å². The number of nitrogens with one attached hydrogen (secondary N) is 3. The van der Waals surface area contributed by atoms with Crippen LogP contribution in [0.15, 0.2) is 66.9 Å². The van der Waals surface area contributed by atoms with Gasteiger partial charge >= 0.3 is 0 Å². The van der Waals surface area contributed by atoms with E-state index >= 15 is 0 Å². The van der Waals surface area contributed by atoms with E-state index in [1.807, 2.05) is 18.2 Å². The Kier molecular flexibility index (Phi) is 8.64. The number of anilines is 2. The number of benzene rings is 2. The Balaban J connectivity index is 1.79. The lowest BCUT2D eigenvalue weighted by atomic mass is 10.0. The number of hydrogen-bond acceptors (Lipinski definition) is 4. The second-order valence-electron chi connectivity index (χ2n) is 8.58. The minimum absolute atomic E-state index is 0.130. The molecular weight excluding hydrogens is 462 g/mol. The molecule has 0 aliphatic carbocycles. The van der Waals surface area contributed by atoms with Crippen LogP contribution in [-0.2, 0) is 21.9 Å². The second-order valence-corrected chi connectivity index (χ2v) is 8.58. The van der Waals surface area contributed by atoms with Gasteiger partial charge in [0, 0.05) is 40.8 Å². The van der Waals surface area contributed by atoms with Crippen molar-refractivity contribution in [2.75, 3.05) is 10.6 Å². The van der Waals surface area contributed by atoms with Gasteiger partial charge in [0.1, 0.15) is 0 Å². The zero-order valence-corrected chi connectivity index (χ0v) is 20.6. The average Bonchev–Trinajstić information content (AvgIpc) is 2.84. The molecule has 1 unspecified atom stereocenters. The highest BCUT2D eigenvalue weighted by Crippen LogP contribution is 2.32. The van der Waals surface area contributed by atoms with Gasteiger partial charge in [0.2, 0.25) is 11.8 Å². The number of halogens is 2. The predicted molar refractivity (Wildman–Crippen MR) is 138 cm³/mol. The molecular formula is C28H30F2N4O2. The van der Waals surface area contributed by atoms with Gasteiger partial charge in [-0.2, -0.15) is 0 Å². The van der Waals surface area contributed by atoms with Crippen molar-refractivity contribution in [3.8, 4) is 11.3 Å². The summed E-state index contributed by atoms with van der Waals surface area (Å²) < 4.78 is 28.1. The molecule has 1 aromatic heterocycles. The smallest absolute Gasteiger partial charge is 0.273 e. The summed E-state index contributed by atoms with van der Waals surface area (Å²) in [5.41, 5.74) is 2.90. The topological polar surface area (TPSA) is 94.9 Å². The van der Waals surface area contributed by atoms with Gasteiger partial charge in [-0.05, 0) is 49.2 Å². The first kappa shape index (κ1) is 26.7. The number of pyridine rings is 1. The number of amides is 2. The van der Waals surface area contributed by atoms with Crippen LogP contribution in [0.3, 0.4) is 0 Å². The summed E-state index contributed by atoms with van der Waals surface area (Å²) in [4.78, 5) is 30.4. The van der Waals surface area contributed by atoms with Crippen LogP contribution in [0.2, 0.25) is 0 Å². The largest absolute Gasteiger partial charge is 0.325 e. The van der Waals surface area contributed by atoms with Crippen molar-refractivity contribution in [2.45, 2.75) is 46.0 Å². The van der Waals surface area contributed by atoms with E-state index in [0.717, 1.165) is 29.7 Å². The average molecular weight is 493 g/mol. The molecule has 0 fully saturated rings. The number of carbonyl (C=O) groups excluding carboxylic acids is 2. The van der Waals surface area contributed by atoms with Gasteiger partial charge in [0.05, 0.1) is 5.69 Å². The van der Waals surface area contributed by atoms with Gasteiger partial charge in [-0.3, -0.25) is 14.6 Å². The fourth-order valence-electron chi connectivity index (χ4n) is 3.88. The molecule has 1 atom stereocenters. The van der Waals surface area contributed by atoms with Crippen LogP contribution in [-0.4, -0.2) is 22.5 Å². The lowest BCUT2D eigenvalue weighted by Gasteiger charge is -2.18. The lowest BCUT2D eigenvalue weighted by Crippen LogP contribution is -2.38. The first-order chi connectivity index (χ1) is 17.2. The highest BCUT2D eigenvalue weighted by molar-refractivity contribution is 6.24. The Morgan fingerprint density at radius 3 is 2.22 bits per heavy atom. The number of carbonyl (C=O) groups is 2. The molecule has 0 radical (unpaired) electrons. The van der Waals surface area contributed by atoms with Crippen molar-refractivity contribution in [3.05, 3.63) is 78.0 Å². The number of alkyl halides is 2. The Labute approximate surface area is 209 Å². The van der Waals surface area contributed by atoms with Crippen LogP contribution in [0, 0.1) is 11.3 Å². The van der Waals surface area contributed by atoms with Crippen LogP contribution < -0.4 is 10.6 Å². The summed E-state index contributed by atoms with van der Waals surface area (Å²) in [7, 11) is 0. The lowest BCUT2D eigenvalue weighted by molar-refractivity contribution is -0.126. The Morgan fingerprint density at radius 2 is 1.61 bits per heavy atom. The fraction of sp³-hybridized carbons (Fsp3) is 0.286. The number of rotatable bonds is 10. The Hall–Kier alpha value is -3.94. The molecule has 0 aliphatic heterocycles. The molecule has 0 aliphatic rings. The number of nitrogens with zero attached hydrogens (tertiary/aromatic N) is 1. The van der Waals surface area contributed by atoms with E-state index in [9.17, 15) is 18.4 Å². The molecule has 2 amide bonds. The van der Waals surface area contributed by atoms with E-state index < -0.39 is 23.7 Å². The summed E-state index contributed by atoms with van der Waals surface area (Å²) in [6.07, 6.45) is 3.15. The molecule has 188 valence electrons. The van der Waals surface area contributed by atoms with Gasteiger partial charge < -0.3 is 16.0 Å². The van der Waals surface area contributed by atoms with Gasteiger partial charge in [0.25, 0.3) is 5.92 Å². The zero-order chi connectivity index (χ0) is 26.3. The van der Waals surface area contributed by atoms with Crippen molar-refractivity contribution in [2.24, 2.45) is 5.92 Å². The van der Waals surface area contributed by atoms with E-state index in [-0.39, 0.29) is 23.4 Å². The van der Waals surface area contributed by atoms with Crippen molar-refractivity contribution in [3.63, 3.8) is 0 Å². The minimum atomic E-state index is -3.04. The van der Waals surface area contributed by atoms with Crippen LogP contribution >= 0.6 is 0 Å². The van der Waals surface area contributed by atoms with Gasteiger partial charge in [-0.15, -0.1) is 0 Å². The third-order valence-corrected chi connectivity index (χ3v) is 5.77. The maximum Gasteiger partial charge on any atom is 0.273 e. The maximum atomic E-state index is 14.1. The third kappa shape index (κ3) is 6.38. The zero-order valence-electron chi connectivity index (χ0n) is 20.6. The molecule has 36 heavy (non-hydrogen) atoms. The van der Waals surface area contributed by atoms with Crippen molar-refractivity contribution in [1.29, 1.82) is 5.41 Å². The maximum absolute atomic E-state index is 14.1. The quantitative estimate of drug-likeness (QED) is 0.225. The summed E-state index contributed by atoms with van der Waals surface area (Å²) >= 11 is 0. The van der Waals surface area contributed by atoms with E-state index in [1.165, 1.54) is 38.1 Å². The molecule has 0 bridgehead atoms. The standard InChI is InChI=1S/C28H30F2N4O2/c1-4-9-19-11-8-15-32-25(19)20-10-6-13-22(16-20)33-26(35)24(18(3)31)27(36)34-23-14-7-12-21(17-23)28(29,30)5-2/h6-8,10-17,24,31H,4-5,9H2,1-3H3,(H,33,35)(H,34,36). The van der Waals surface area contributed by atoms with Gasteiger partial charge in [-0.25, -0.2) is 8.78 Å². The second kappa shape index (κ2) is 11.7. The molecule has 1 heterocycles. The first-order valence-electron chi connectivity index (χ1n) is 11.9. The van der Waals surface area contributed by atoms with Crippen molar-refractivity contribution < 1.29 is 18.4 Å². The predicted octanol–water partition coefficient (Wildman–Crippen LogP) is 6.44. The molecule has 3 rings (SSSR count). The normalized spacial score (nSPS) is 12.0. The molecule has 2 aromatic carbocycles. The molecule has 0 spiro atoms. The SMILES string of the molecule is CCCc1cccnc1-c1cccc(NC(=O)C(C(C)=N)C(=O)Nc2cccc(C(F)(F)CC)c2)c1. The first-order valence-corrected chi connectivity index (χ1v) is 11.9. The highest BCUT2D eigenvalue weighted by Gasteiger charge is 2.31. The van der Waals surface area contributed by atoms with Gasteiger partial charge in [-0.1, -0.05) is 50.6 Å². The van der Waals surface area contributed by atoms with Crippen LogP contribution in [0.1, 0.15) is 44.7 Å². The molecule has 0 saturated heterocycles. The Bertz CT molecular complexity index is 1260. The van der Waals surface area contributed by atoms with Crippen molar-refractivity contribution in [1.82, 2.24) is 4.98 Å². The number of aryl methyl sites for hydroxylation is 1. The molecule has 0 saturated carbocycles. The molecule has 3 aromatic rings. The van der Waals surface area contributed by atoms with E-state index in [0.29, 0.717) is 5.69 Å². The fourth-order valence-corrected chi connectivity index (χ4v) is 3.88.